The minimum atomic E-state index is -1.07. The van der Waals surface area contributed by atoms with E-state index < -0.39 is 5.60 Å². The Morgan fingerprint density at radius 3 is 2.61 bits per heavy atom. The van der Waals surface area contributed by atoms with E-state index in [1.807, 2.05) is 48.5 Å². The Bertz CT molecular complexity index is 1110. The summed E-state index contributed by atoms with van der Waals surface area (Å²) in [6, 6.07) is 21.9. The number of benzene rings is 2. The average Bonchev–Trinajstić information content (AvgIpc) is 2.80. The van der Waals surface area contributed by atoms with Crippen LogP contribution in [0.1, 0.15) is 55.0 Å². The molecule has 3 nitrogen and oxygen atoms in total. The molecule has 2 aliphatic rings. The number of aryl methyl sites for hydroxylation is 1. The van der Waals surface area contributed by atoms with Gasteiger partial charge in [0.1, 0.15) is 11.4 Å². The molecule has 1 heterocycles. The van der Waals surface area contributed by atoms with Crippen LogP contribution in [-0.2, 0) is 17.4 Å². The number of hydrogen-bond acceptors (Lipinski definition) is 3. The molecule has 0 aliphatic heterocycles. The van der Waals surface area contributed by atoms with Crippen LogP contribution in [-0.4, -0.2) is 15.2 Å². The van der Waals surface area contributed by atoms with Crippen molar-refractivity contribution in [1.29, 1.82) is 0 Å². The van der Waals surface area contributed by atoms with Crippen LogP contribution in [0.5, 0.6) is 5.75 Å². The third-order valence-electron chi connectivity index (χ3n) is 7.61. The Morgan fingerprint density at radius 1 is 1.06 bits per heavy atom. The number of aliphatic hydroxyl groups is 1. The summed E-state index contributed by atoms with van der Waals surface area (Å²) in [6.45, 7) is 2.26. The first-order valence-corrected chi connectivity index (χ1v) is 11.3. The van der Waals surface area contributed by atoms with Gasteiger partial charge in [-0.1, -0.05) is 55.5 Å². The number of pyridine rings is 1. The molecule has 1 fully saturated rings. The number of nitrogens with zero attached hydrogens (tertiary/aromatic N) is 1. The molecule has 0 amide bonds. The number of phenolic OH excluding ortho intramolecular Hbond substituents is 1. The van der Waals surface area contributed by atoms with Crippen molar-refractivity contribution in [2.24, 2.45) is 5.92 Å². The van der Waals surface area contributed by atoms with Gasteiger partial charge in [0, 0.05) is 11.6 Å². The number of hydrogen-bond donors (Lipinski definition) is 2. The van der Waals surface area contributed by atoms with Crippen LogP contribution in [0.15, 0.2) is 78.5 Å². The molecular weight excluding hydrogens is 382 g/mol. The first-order chi connectivity index (χ1) is 15.0. The van der Waals surface area contributed by atoms with E-state index in [4.69, 9.17) is 0 Å². The molecule has 31 heavy (non-hydrogen) atoms. The van der Waals surface area contributed by atoms with Crippen LogP contribution in [0.2, 0.25) is 0 Å². The summed E-state index contributed by atoms with van der Waals surface area (Å²) in [6.07, 6.45) is 8.33. The van der Waals surface area contributed by atoms with Crippen LogP contribution >= 0.6 is 0 Å². The molecule has 3 unspecified atom stereocenters. The van der Waals surface area contributed by atoms with Gasteiger partial charge in [-0.3, -0.25) is 4.98 Å². The minimum absolute atomic E-state index is 0.0388. The summed E-state index contributed by atoms with van der Waals surface area (Å²) in [5.74, 6) is 0.693. The first kappa shape index (κ1) is 20.0. The second-order valence-electron chi connectivity index (χ2n) is 9.12. The van der Waals surface area contributed by atoms with Crippen molar-refractivity contribution in [3.8, 4) is 5.75 Å². The molecule has 2 aliphatic carbocycles. The summed E-state index contributed by atoms with van der Waals surface area (Å²) < 4.78 is 0. The van der Waals surface area contributed by atoms with E-state index in [0.29, 0.717) is 18.1 Å². The topological polar surface area (TPSA) is 53.4 Å². The Hall–Kier alpha value is -2.91. The molecule has 158 valence electrons. The van der Waals surface area contributed by atoms with E-state index in [2.05, 4.69) is 36.2 Å². The molecule has 3 heteroatoms. The molecule has 5 rings (SSSR count). The lowest BCUT2D eigenvalue weighted by Crippen LogP contribution is -2.50. The van der Waals surface area contributed by atoms with Crippen molar-refractivity contribution in [1.82, 2.24) is 4.98 Å². The fourth-order valence-electron chi connectivity index (χ4n) is 6.01. The highest BCUT2D eigenvalue weighted by atomic mass is 16.3. The van der Waals surface area contributed by atoms with Gasteiger partial charge in [0.15, 0.2) is 0 Å². The van der Waals surface area contributed by atoms with Crippen LogP contribution in [0, 0.1) is 5.92 Å². The summed E-state index contributed by atoms with van der Waals surface area (Å²) in [4.78, 5) is 4.58. The molecule has 2 N–H and O–H groups in total. The van der Waals surface area contributed by atoms with E-state index in [9.17, 15) is 10.2 Å². The highest BCUT2D eigenvalue weighted by Gasteiger charge is 2.54. The van der Waals surface area contributed by atoms with E-state index >= 15 is 0 Å². The molecule has 3 aromatic rings. The van der Waals surface area contributed by atoms with Gasteiger partial charge in [-0.05, 0) is 84.6 Å². The lowest BCUT2D eigenvalue weighted by Gasteiger charge is -2.54. The van der Waals surface area contributed by atoms with Crippen molar-refractivity contribution in [3.63, 3.8) is 0 Å². The van der Waals surface area contributed by atoms with Crippen LogP contribution in [0.4, 0.5) is 0 Å². The first-order valence-electron chi connectivity index (χ1n) is 11.3. The normalized spacial score (nSPS) is 28.7. The maximum atomic E-state index is 12.1. The number of rotatable bonds is 3. The third-order valence-corrected chi connectivity index (χ3v) is 7.61. The van der Waals surface area contributed by atoms with E-state index in [1.165, 1.54) is 11.1 Å². The predicted octanol–water partition coefficient (Wildman–Crippen LogP) is 5.76. The molecule has 1 saturated carbocycles. The summed E-state index contributed by atoms with van der Waals surface area (Å²) in [5, 5.41) is 22.2. The second-order valence-corrected chi connectivity index (χ2v) is 9.12. The zero-order valence-corrected chi connectivity index (χ0v) is 18.0. The average molecular weight is 412 g/mol. The molecule has 1 aromatic heterocycles. The molecule has 0 spiro atoms. The smallest absolute Gasteiger partial charge is 0.128 e. The van der Waals surface area contributed by atoms with E-state index in [0.717, 1.165) is 42.5 Å². The Balaban J connectivity index is 1.68. The van der Waals surface area contributed by atoms with E-state index in [-0.39, 0.29) is 5.41 Å². The molecule has 0 bridgehead atoms. The summed E-state index contributed by atoms with van der Waals surface area (Å²) >= 11 is 0. The van der Waals surface area contributed by atoms with Gasteiger partial charge in [0.2, 0.25) is 0 Å². The molecule has 0 saturated heterocycles. The van der Waals surface area contributed by atoms with Crippen LogP contribution in [0.3, 0.4) is 0 Å². The standard InChI is InChI=1S/C28H29NO2/c1-2-27-18-23(16-20-8-4-3-5-9-20)28(31,26-10-6-7-15-29-26)19-22(27)12-11-21-17-24(30)13-14-25(21)27/h3-10,13-17,22,30-31H,2,11-12,18-19H2,1H3. The van der Waals surface area contributed by atoms with Crippen molar-refractivity contribution in [2.45, 2.75) is 50.0 Å². The van der Waals surface area contributed by atoms with Crippen molar-refractivity contribution >= 4 is 6.08 Å². The van der Waals surface area contributed by atoms with Crippen molar-refractivity contribution < 1.29 is 10.2 Å². The van der Waals surface area contributed by atoms with Gasteiger partial charge in [-0.25, -0.2) is 0 Å². The minimum Gasteiger partial charge on any atom is -0.508 e. The second kappa shape index (κ2) is 7.65. The third kappa shape index (κ3) is 3.28. The van der Waals surface area contributed by atoms with Crippen molar-refractivity contribution in [2.75, 3.05) is 0 Å². The SMILES string of the molecule is CCC12CC(=Cc3ccccc3)C(O)(c3ccccn3)CC1CCc1cc(O)ccc12. The van der Waals surface area contributed by atoms with Gasteiger partial charge < -0.3 is 10.2 Å². The maximum Gasteiger partial charge on any atom is 0.128 e. The Kier molecular flexibility index (Phi) is 4.94. The molecule has 2 aromatic carbocycles. The highest BCUT2D eigenvalue weighted by Crippen LogP contribution is 2.58. The quantitative estimate of drug-likeness (QED) is 0.576. The number of fused-ring (bicyclic) bond motifs is 3. The number of aromatic hydroxyl groups is 1. The zero-order valence-electron chi connectivity index (χ0n) is 18.0. The van der Waals surface area contributed by atoms with Gasteiger partial charge in [0.05, 0.1) is 5.69 Å². The molecule has 0 radical (unpaired) electrons. The van der Waals surface area contributed by atoms with Gasteiger partial charge in [-0.2, -0.15) is 0 Å². The monoisotopic (exact) mass is 411 g/mol. The van der Waals surface area contributed by atoms with Gasteiger partial charge in [-0.15, -0.1) is 0 Å². The largest absolute Gasteiger partial charge is 0.508 e. The van der Waals surface area contributed by atoms with Crippen LogP contribution < -0.4 is 0 Å². The number of phenols is 1. The maximum absolute atomic E-state index is 12.1. The lowest BCUT2D eigenvalue weighted by atomic mass is 9.51. The summed E-state index contributed by atoms with van der Waals surface area (Å²) in [5.41, 5.74) is 4.33. The summed E-state index contributed by atoms with van der Waals surface area (Å²) in [7, 11) is 0. The molecule has 3 atom stereocenters. The fraction of sp³-hybridized carbons (Fsp3) is 0.321. The number of aromatic nitrogens is 1. The highest BCUT2D eigenvalue weighted by molar-refractivity contribution is 5.58. The van der Waals surface area contributed by atoms with Gasteiger partial charge >= 0.3 is 0 Å². The fourth-order valence-corrected chi connectivity index (χ4v) is 6.01. The molecular formula is C28H29NO2. The predicted molar refractivity (Wildman–Crippen MR) is 124 cm³/mol. The van der Waals surface area contributed by atoms with E-state index in [1.54, 1.807) is 6.20 Å². The lowest BCUT2D eigenvalue weighted by molar-refractivity contribution is -0.0116. The Morgan fingerprint density at radius 2 is 1.87 bits per heavy atom. The zero-order chi connectivity index (χ0) is 21.5. The van der Waals surface area contributed by atoms with Crippen molar-refractivity contribution in [3.05, 3.63) is 101 Å². The van der Waals surface area contributed by atoms with Crippen LogP contribution in [0.25, 0.3) is 6.08 Å². The Labute approximate surface area is 184 Å². The van der Waals surface area contributed by atoms with Gasteiger partial charge in [0.25, 0.3) is 0 Å².